The van der Waals surface area contributed by atoms with Crippen molar-refractivity contribution in [1.82, 2.24) is 0 Å². The molecule has 0 saturated carbocycles. The number of nitrogens with zero attached hydrogens (tertiary/aromatic N) is 3. The second-order valence-corrected chi connectivity index (χ2v) is 2.18. The Morgan fingerprint density at radius 2 is 2.50 bits per heavy atom. The van der Waals surface area contributed by atoms with E-state index in [4.69, 9.17) is 10.3 Å². The molecule has 1 aliphatic heterocycles. The quantitative estimate of drug-likeness (QED) is 0.248. The van der Waals surface area contributed by atoms with Crippen LogP contribution in [0, 0.1) is 0 Å². The normalized spacial score (nSPS) is 30.1. The van der Waals surface area contributed by atoms with Crippen LogP contribution in [-0.4, -0.2) is 18.8 Å². The summed E-state index contributed by atoms with van der Waals surface area (Å²) in [7, 11) is 0. The molecule has 0 amide bonds. The number of hydrogen-bond donors (Lipinski definition) is 0. The molecule has 0 fully saturated rings. The Balaban J connectivity index is 2.32. The molecule has 2 unspecified atom stereocenters. The van der Waals surface area contributed by atoms with E-state index in [9.17, 15) is 0 Å². The van der Waals surface area contributed by atoms with Crippen LogP contribution in [0.4, 0.5) is 0 Å². The summed E-state index contributed by atoms with van der Waals surface area (Å²) >= 11 is 0. The third kappa shape index (κ3) is 1.76. The average molecular weight is 139 g/mol. The Hall–Kier alpha value is -0.990. The molecular weight excluding hydrogens is 130 g/mol. The smallest absolute Gasteiger partial charge is 0.0821 e. The second kappa shape index (κ2) is 3.25. The molecule has 54 valence electrons. The van der Waals surface area contributed by atoms with Crippen LogP contribution in [0.3, 0.4) is 0 Å². The van der Waals surface area contributed by atoms with Crippen molar-refractivity contribution >= 4 is 0 Å². The Kier molecular flexibility index (Phi) is 2.31. The first-order valence-corrected chi connectivity index (χ1v) is 3.17. The Morgan fingerprint density at radius 1 is 1.70 bits per heavy atom. The standard InChI is InChI=1S/C6H9N3O/c1-5-2-3-6(10-5)4-8-9-7/h2-3,5-6H,4H2,1H3. The lowest BCUT2D eigenvalue weighted by atomic mass is 10.3. The lowest BCUT2D eigenvalue weighted by Crippen LogP contribution is -2.11. The number of azide groups is 1. The fourth-order valence-electron chi connectivity index (χ4n) is 0.868. The van der Waals surface area contributed by atoms with Crippen LogP contribution in [0.15, 0.2) is 17.3 Å². The van der Waals surface area contributed by atoms with Gasteiger partial charge in [-0.15, -0.1) is 0 Å². The molecule has 0 spiro atoms. The van der Waals surface area contributed by atoms with Crippen LogP contribution in [0.25, 0.3) is 10.4 Å². The summed E-state index contributed by atoms with van der Waals surface area (Å²) in [6, 6.07) is 0. The van der Waals surface area contributed by atoms with Gasteiger partial charge in [-0.2, -0.15) is 0 Å². The monoisotopic (exact) mass is 139 g/mol. The molecule has 0 N–H and O–H groups in total. The SMILES string of the molecule is CC1C=CC(CN=[N+]=[N-])O1. The molecule has 0 aromatic carbocycles. The van der Waals surface area contributed by atoms with Crippen molar-refractivity contribution in [2.75, 3.05) is 6.54 Å². The zero-order valence-electron chi connectivity index (χ0n) is 5.77. The highest BCUT2D eigenvalue weighted by Crippen LogP contribution is 2.10. The summed E-state index contributed by atoms with van der Waals surface area (Å²) in [5.74, 6) is 0. The lowest BCUT2D eigenvalue weighted by molar-refractivity contribution is 0.0769. The molecular formula is C6H9N3O. The van der Waals surface area contributed by atoms with Crippen molar-refractivity contribution in [3.63, 3.8) is 0 Å². The number of rotatable bonds is 2. The largest absolute Gasteiger partial charge is 0.367 e. The molecule has 0 saturated heterocycles. The van der Waals surface area contributed by atoms with Crippen molar-refractivity contribution in [2.45, 2.75) is 19.1 Å². The van der Waals surface area contributed by atoms with Gasteiger partial charge in [-0.1, -0.05) is 17.3 Å². The molecule has 0 radical (unpaired) electrons. The van der Waals surface area contributed by atoms with Crippen molar-refractivity contribution in [3.05, 3.63) is 22.6 Å². The summed E-state index contributed by atoms with van der Waals surface area (Å²) in [6.45, 7) is 2.35. The zero-order valence-corrected chi connectivity index (χ0v) is 5.77. The molecule has 0 aromatic rings. The van der Waals surface area contributed by atoms with Gasteiger partial charge in [0, 0.05) is 4.91 Å². The maximum absolute atomic E-state index is 7.97. The average Bonchev–Trinajstić information content (AvgIpc) is 2.31. The van der Waals surface area contributed by atoms with Crippen molar-refractivity contribution in [1.29, 1.82) is 0 Å². The minimum absolute atomic E-state index is 0.00843. The van der Waals surface area contributed by atoms with Crippen LogP contribution in [0.1, 0.15) is 6.92 Å². The molecule has 0 bridgehead atoms. The van der Waals surface area contributed by atoms with Crippen LogP contribution in [0.2, 0.25) is 0 Å². The maximum Gasteiger partial charge on any atom is 0.0821 e. The van der Waals surface area contributed by atoms with E-state index in [-0.39, 0.29) is 12.2 Å². The highest BCUT2D eigenvalue weighted by molar-refractivity contribution is 5.01. The second-order valence-electron chi connectivity index (χ2n) is 2.18. The predicted molar refractivity (Wildman–Crippen MR) is 37.5 cm³/mol. The van der Waals surface area contributed by atoms with E-state index in [2.05, 4.69) is 10.0 Å². The van der Waals surface area contributed by atoms with E-state index in [0.29, 0.717) is 6.54 Å². The first-order chi connectivity index (χ1) is 4.83. The van der Waals surface area contributed by atoms with Gasteiger partial charge in [0.1, 0.15) is 0 Å². The first kappa shape index (κ1) is 7.12. The van der Waals surface area contributed by atoms with Crippen molar-refractivity contribution < 1.29 is 4.74 Å². The molecule has 1 aliphatic rings. The van der Waals surface area contributed by atoms with Crippen molar-refractivity contribution in [3.8, 4) is 0 Å². The van der Waals surface area contributed by atoms with E-state index in [1.807, 2.05) is 19.1 Å². The summed E-state index contributed by atoms with van der Waals surface area (Å²) < 4.78 is 5.29. The van der Waals surface area contributed by atoms with Crippen LogP contribution < -0.4 is 0 Å². The zero-order chi connectivity index (χ0) is 7.40. The Labute approximate surface area is 59.1 Å². The molecule has 0 aliphatic carbocycles. The van der Waals surface area contributed by atoms with E-state index in [0.717, 1.165) is 0 Å². The molecule has 1 rings (SSSR count). The van der Waals surface area contributed by atoms with Crippen LogP contribution in [-0.2, 0) is 4.74 Å². The number of ether oxygens (including phenoxy) is 1. The van der Waals surface area contributed by atoms with E-state index < -0.39 is 0 Å². The van der Waals surface area contributed by atoms with Gasteiger partial charge >= 0.3 is 0 Å². The molecule has 4 nitrogen and oxygen atoms in total. The van der Waals surface area contributed by atoms with Gasteiger partial charge in [-0.05, 0) is 12.5 Å². The predicted octanol–water partition coefficient (Wildman–Crippen LogP) is 1.64. The van der Waals surface area contributed by atoms with Gasteiger partial charge in [0.15, 0.2) is 0 Å². The first-order valence-electron chi connectivity index (χ1n) is 3.17. The highest BCUT2D eigenvalue weighted by Gasteiger charge is 2.13. The van der Waals surface area contributed by atoms with Crippen molar-refractivity contribution in [2.24, 2.45) is 5.11 Å². The van der Waals surface area contributed by atoms with E-state index in [1.165, 1.54) is 0 Å². The van der Waals surface area contributed by atoms with Crippen LogP contribution >= 0.6 is 0 Å². The third-order valence-electron chi connectivity index (χ3n) is 1.31. The minimum Gasteiger partial charge on any atom is -0.367 e. The summed E-state index contributed by atoms with van der Waals surface area (Å²) in [4.78, 5) is 2.64. The third-order valence-corrected chi connectivity index (χ3v) is 1.31. The Morgan fingerprint density at radius 3 is 3.00 bits per heavy atom. The van der Waals surface area contributed by atoms with Gasteiger partial charge in [-0.3, -0.25) is 0 Å². The fourth-order valence-corrected chi connectivity index (χ4v) is 0.868. The fraction of sp³-hybridized carbons (Fsp3) is 0.667. The lowest BCUT2D eigenvalue weighted by Gasteiger charge is -2.06. The minimum atomic E-state index is -0.00843. The van der Waals surface area contributed by atoms with Gasteiger partial charge in [0.2, 0.25) is 0 Å². The van der Waals surface area contributed by atoms with Crippen LogP contribution in [0.5, 0.6) is 0 Å². The summed E-state index contributed by atoms with van der Waals surface area (Å²) in [6.07, 6.45) is 4.03. The molecule has 10 heavy (non-hydrogen) atoms. The van der Waals surface area contributed by atoms with E-state index >= 15 is 0 Å². The van der Waals surface area contributed by atoms with Gasteiger partial charge in [0.25, 0.3) is 0 Å². The van der Waals surface area contributed by atoms with Gasteiger partial charge < -0.3 is 4.74 Å². The van der Waals surface area contributed by atoms with Gasteiger partial charge in [-0.25, -0.2) is 0 Å². The molecule has 0 aromatic heterocycles. The molecule has 1 heterocycles. The molecule has 4 heteroatoms. The Bertz CT molecular complexity index is 183. The number of hydrogen-bond acceptors (Lipinski definition) is 2. The van der Waals surface area contributed by atoms with E-state index in [1.54, 1.807) is 0 Å². The maximum atomic E-state index is 7.97. The highest BCUT2D eigenvalue weighted by atomic mass is 16.5. The topological polar surface area (TPSA) is 58.0 Å². The summed E-state index contributed by atoms with van der Waals surface area (Å²) in [5.41, 5.74) is 7.97. The summed E-state index contributed by atoms with van der Waals surface area (Å²) in [5, 5.41) is 3.39. The van der Waals surface area contributed by atoms with Gasteiger partial charge in [0.05, 0.1) is 18.8 Å². The molecule has 2 atom stereocenters.